The Kier molecular flexibility index (Phi) is 3.82. The Morgan fingerprint density at radius 1 is 1.35 bits per heavy atom. The number of carbonyl (C=O) groups excluding carboxylic acids is 2. The number of imide groups is 1. The SMILES string of the molecule is CC(C)C1CC(=O)N(CCOCC2CC2)C1=O. The van der Waals surface area contributed by atoms with Gasteiger partial charge < -0.3 is 4.74 Å². The molecule has 4 nitrogen and oxygen atoms in total. The number of likely N-dealkylation sites (tertiary alicyclic amines) is 1. The molecule has 1 aliphatic carbocycles. The largest absolute Gasteiger partial charge is 0.379 e. The van der Waals surface area contributed by atoms with Gasteiger partial charge in [0.05, 0.1) is 13.2 Å². The van der Waals surface area contributed by atoms with Gasteiger partial charge >= 0.3 is 0 Å². The Hall–Kier alpha value is -0.900. The third kappa shape index (κ3) is 3.06. The van der Waals surface area contributed by atoms with E-state index in [2.05, 4.69) is 0 Å². The summed E-state index contributed by atoms with van der Waals surface area (Å²) in [5.74, 6) is 0.793. The van der Waals surface area contributed by atoms with Crippen LogP contribution in [0.2, 0.25) is 0 Å². The van der Waals surface area contributed by atoms with Gasteiger partial charge in [-0.2, -0.15) is 0 Å². The van der Waals surface area contributed by atoms with Crippen LogP contribution in [0.25, 0.3) is 0 Å². The molecule has 1 saturated carbocycles. The van der Waals surface area contributed by atoms with E-state index >= 15 is 0 Å². The molecular formula is C13H21NO3. The van der Waals surface area contributed by atoms with E-state index in [-0.39, 0.29) is 23.7 Å². The second-order valence-electron chi connectivity index (χ2n) is 5.46. The molecule has 17 heavy (non-hydrogen) atoms. The van der Waals surface area contributed by atoms with E-state index in [1.807, 2.05) is 13.8 Å². The maximum atomic E-state index is 11.9. The Balaban J connectivity index is 1.75. The zero-order chi connectivity index (χ0) is 12.4. The summed E-state index contributed by atoms with van der Waals surface area (Å²) in [7, 11) is 0. The van der Waals surface area contributed by atoms with Gasteiger partial charge in [-0.15, -0.1) is 0 Å². The molecule has 1 unspecified atom stereocenters. The first-order chi connectivity index (χ1) is 8.09. The van der Waals surface area contributed by atoms with Crippen LogP contribution < -0.4 is 0 Å². The topological polar surface area (TPSA) is 46.6 Å². The number of hydrogen-bond donors (Lipinski definition) is 0. The lowest BCUT2D eigenvalue weighted by Crippen LogP contribution is -2.34. The summed E-state index contributed by atoms with van der Waals surface area (Å²) in [5.41, 5.74) is 0. The summed E-state index contributed by atoms with van der Waals surface area (Å²) in [5, 5.41) is 0. The summed E-state index contributed by atoms with van der Waals surface area (Å²) in [6.45, 7) is 5.67. The molecule has 0 spiro atoms. The molecule has 2 amide bonds. The summed E-state index contributed by atoms with van der Waals surface area (Å²) in [6, 6.07) is 0. The molecule has 2 rings (SSSR count). The van der Waals surface area contributed by atoms with Crippen LogP contribution in [0, 0.1) is 17.8 Å². The fraction of sp³-hybridized carbons (Fsp3) is 0.846. The number of hydrogen-bond acceptors (Lipinski definition) is 3. The van der Waals surface area contributed by atoms with Crippen molar-refractivity contribution < 1.29 is 14.3 Å². The van der Waals surface area contributed by atoms with Crippen molar-refractivity contribution in [3.8, 4) is 0 Å². The van der Waals surface area contributed by atoms with Crippen molar-refractivity contribution in [3.63, 3.8) is 0 Å². The zero-order valence-electron chi connectivity index (χ0n) is 10.6. The molecule has 0 N–H and O–H groups in total. The number of nitrogens with zero attached hydrogens (tertiary/aromatic N) is 1. The zero-order valence-corrected chi connectivity index (χ0v) is 10.6. The minimum Gasteiger partial charge on any atom is -0.379 e. The predicted molar refractivity (Wildman–Crippen MR) is 63.2 cm³/mol. The molecule has 0 aromatic carbocycles. The monoisotopic (exact) mass is 239 g/mol. The van der Waals surface area contributed by atoms with Crippen LogP contribution >= 0.6 is 0 Å². The van der Waals surface area contributed by atoms with Crippen molar-refractivity contribution in [2.75, 3.05) is 19.8 Å². The third-order valence-electron chi connectivity index (χ3n) is 3.59. The van der Waals surface area contributed by atoms with Crippen LogP contribution in [0.5, 0.6) is 0 Å². The number of ether oxygens (including phenoxy) is 1. The molecule has 2 aliphatic rings. The first kappa shape index (κ1) is 12.6. The Labute approximate surface area is 102 Å². The Morgan fingerprint density at radius 3 is 2.59 bits per heavy atom. The van der Waals surface area contributed by atoms with E-state index in [9.17, 15) is 9.59 Å². The lowest BCUT2D eigenvalue weighted by atomic mass is 9.94. The normalized spacial score (nSPS) is 25.1. The molecular weight excluding hydrogens is 218 g/mol. The van der Waals surface area contributed by atoms with Crippen molar-refractivity contribution in [1.29, 1.82) is 0 Å². The highest BCUT2D eigenvalue weighted by atomic mass is 16.5. The third-order valence-corrected chi connectivity index (χ3v) is 3.59. The number of carbonyl (C=O) groups is 2. The second kappa shape index (κ2) is 5.17. The maximum absolute atomic E-state index is 11.9. The predicted octanol–water partition coefficient (Wildman–Crippen LogP) is 1.44. The minimum absolute atomic E-state index is 0.0139. The van der Waals surface area contributed by atoms with Crippen LogP contribution in [0.3, 0.4) is 0 Å². The molecule has 0 aromatic rings. The van der Waals surface area contributed by atoms with Crippen LogP contribution in [0.4, 0.5) is 0 Å². The molecule has 0 bridgehead atoms. The fourth-order valence-electron chi connectivity index (χ4n) is 2.15. The van der Waals surface area contributed by atoms with Gasteiger partial charge in [0, 0.05) is 18.9 Å². The van der Waals surface area contributed by atoms with Gasteiger partial charge in [-0.1, -0.05) is 13.8 Å². The second-order valence-corrected chi connectivity index (χ2v) is 5.46. The van der Waals surface area contributed by atoms with Gasteiger partial charge in [0.15, 0.2) is 0 Å². The lowest BCUT2D eigenvalue weighted by molar-refractivity contribution is -0.140. The summed E-state index contributed by atoms with van der Waals surface area (Å²) < 4.78 is 5.47. The smallest absolute Gasteiger partial charge is 0.233 e. The molecule has 0 radical (unpaired) electrons. The highest BCUT2D eigenvalue weighted by Crippen LogP contribution is 2.29. The van der Waals surface area contributed by atoms with Crippen molar-refractivity contribution in [2.45, 2.75) is 33.1 Å². The quantitative estimate of drug-likeness (QED) is 0.520. The molecule has 1 aliphatic heterocycles. The first-order valence-corrected chi connectivity index (χ1v) is 6.51. The Bertz CT molecular complexity index is 310. The molecule has 1 saturated heterocycles. The fourth-order valence-corrected chi connectivity index (χ4v) is 2.15. The molecule has 1 heterocycles. The van der Waals surface area contributed by atoms with Gasteiger partial charge in [0.25, 0.3) is 0 Å². The summed E-state index contributed by atoms with van der Waals surface area (Å²) >= 11 is 0. The highest BCUT2D eigenvalue weighted by Gasteiger charge is 2.39. The molecule has 4 heteroatoms. The van der Waals surface area contributed by atoms with Crippen molar-refractivity contribution in [3.05, 3.63) is 0 Å². The van der Waals surface area contributed by atoms with Crippen LogP contribution in [0.1, 0.15) is 33.1 Å². The van der Waals surface area contributed by atoms with Crippen LogP contribution in [0.15, 0.2) is 0 Å². The van der Waals surface area contributed by atoms with Gasteiger partial charge in [-0.25, -0.2) is 0 Å². The van der Waals surface area contributed by atoms with E-state index in [1.165, 1.54) is 17.7 Å². The molecule has 2 fully saturated rings. The average molecular weight is 239 g/mol. The minimum atomic E-state index is -0.120. The van der Waals surface area contributed by atoms with Crippen LogP contribution in [-0.4, -0.2) is 36.5 Å². The van der Waals surface area contributed by atoms with E-state index in [0.717, 1.165) is 12.5 Å². The van der Waals surface area contributed by atoms with E-state index in [4.69, 9.17) is 4.74 Å². The van der Waals surface area contributed by atoms with Crippen molar-refractivity contribution >= 4 is 11.8 Å². The van der Waals surface area contributed by atoms with Crippen molar-refractivity contribution in [1.82, 2.24) is 4.90 Å². The molecule has 96 valence electrons. The van der Waals surface area contributed by atoms with Gasteiger partial charge in [0.2, 0.25) is 11.8 Å². The number of rotatable bonds is 6. The van der Waals surface area contributed by atoms with E-state index < -0.39 is 0 Å². The summed E-state index contributed by atoms with van der Waals surface area (Å²) in [4.78, 5) is 25.0. The maximum Gasteiger partial charge on any atom is 0.233 e. The lowest BCUT2D eigenvalue weighted by Gasteiger charge is -2.16. The Morgan fingerprint density at radius 2 is 2.06 bits per heavy atom. The standard InChI is InChI=1S/C13H21NO3/c1-9(2)11-7-12(15)14(13(11)16)5-6-17-8-10-3-4-10/h9-11H,3-8H2,1-2H3. The van der Waals surface area contributed by atoms with E-state index in [0.29, 0.717) is 19.6 Å². The summed E-state index contributed by atoms with van der Waals surface area (Å²) in [6.07, 6.45) is 2.90. The van der Waals surface area contributed by atoms with E-state index in [1.54, 1.807) is 0 Å². The first-order valence-electron chi connectivity index (χ1n) is 6.51. The molecule has 0 aromatic heterocycles. The highest BCUT2D eigenvalue weighted by molar-refractivity contribution is 6.03. The van der Waals surface area contributed by atoms with Gasteiger partial charge in [-0.05, 0) is 24.7 Å². The molecule has 1 atom stereocenters. The van der Waals surface area contributed by atoms with Gasteiger partial charge in [-0.3, -0.25) is 14.5 Å². The number of amides is 2. The van der Waals surface area contributed by atoms with Gasteiger partial charge in [0.1, 0.15) is 0 Å². The average Bonchev–Trinajstić information content (AvgIpc) is 3.04. The van der Waals surface area contributed by atoms with Crippen LogP contribution in [-0.2, 0) is 14.3 Å². The van der Waals surface area contributed by atoms with Crippen molar-refractivity contribution in [2.24, 2.45) is 17.8 Å².